The van der Waals surface area contributed by atoms with Crippen molar-refractivity contribution in [2.75, 3.05) is 26.2 Å². The van der Waals surface area contributed by atoms with E-state index in [1.807, 2.05) is 0 Å². The van der Waals surface area contributed by atoms with Crippen LogP contribution in [-0.2, 0) is 0 Å². The highest BCUT2D eigenvalue weighted by molar-refractivity contribution is 4.76. The highest BCUT2D eigenvalue weighted by atomic mass is 15.1. The van der Waals surface area contributed by atoms with Gasteiger partial charge in [0, 0.05) is 13.1 Å². The van der Waals surface area contributed by atoms with Crippen molar-refractivity contribution >= 4 is 0 Å². The molecular weight excluding hydrogens is 160 g/mol. The Bertz CT molecular complexity index is 136. The van der Waals surface area contributed by atoms with Crippen LogP contribution in [0.15, 0.2) is 0 Å². The third-order valence-electron chi connectivity index (χ3n) is 3.21. The molecule has 0 amide bonds. The predicted molar refractivity (Wildman–Crippen MR) is 57.7 cm³/mol. The van der Waals surface area contributed by atoms with Gasteiger partial charge in [0.05, 0.1) is 0 Å². The van der Waals surface area contributed by atoms with Gasteiger partial charge in [-0.3, -0.25) is 0 Å². The van der Waals surface area contributed by atoms with Crippen LogP contribution in [0.2, 0.25) is 0 Å². The summed E-state index contributed by atoms with van der Waals surface area (Å²) >= 11 is 0. The molecule has 0 radical (unpaired) electrons. The van der Waals surface area contributed by atoms with E-state index in [2.05, 4.69) is 18.7 Å². The van der Waals surface area contributed by atoms with Crippen LogP contribution < -0.4 is 5.73 Å². The SMILES string of the molecule is CCC(C)CN1CCC(CCN)C1. The average molecular weight is 184 g/mol. The summed E-state index contributed by atoms with van der Waals surface area (Å²) < 4.78 is 0. The zero-order valence-corrected chi connectivity index (χ0v) is 9.13. The number of rotatable bonds is 5. The first kappa shape index (κ1) is 11.0. The summed E-state index contributed by atoms with van der Waals surface area (Å²) in [6, 6.07) is 0. The monoisotopic (exact) mass is 184 g/mol. The highest BCUT2D eigenvalue weighted by Gasteiger charge is 2.22. The van der Waals surface area contributed by atoms with Crippen molar-refractivity contribution in [1.29, 1.82) is 0 Å². The molecule has 1 aliphatic heterocycles. The molecule has 2 unspecified atom stereocenters. The molecule has 0 saturated carbocycles. The number of hydrogen-bond donors (Lipinski definition) is 1. The quantitative estimate of drug-likeness (QED) is 0.704. The summed E-state index contributed by atoms with van der Waals surface area (Å²) in [6.07, 6.45) is 3.89. The maximum atomic E-state index is 5.56. The fourth-order valence-electron chi connectivity index (χ4n) is 2.12. The van der Waals surface area contributed by atoms with Crippen LogP contribution in [0.3, 0.4) is 0 Å². The van der Waals surface area contributed by atoms with Gasteiger partial charge < -0.3 is 10.6 Å². The Morgan fingerprint density at radius 3 is 2.92 bits per heavy atom. The molecule has 0 aromatic carbocycles. The minimum absolute atomic E-state index is 0.858. The van der Waals surface area contributed by atoms with Crippen molar-refractivity contribution < 1.29 is 0 Å². The molecule has 1 saturated heterocycles. The van der Waals surface area contributed by atoms with Gasteiger partial charge >= 0.3 is 0 Å². The summed E-state index contributed by atoms with van der Waals surface area (Å²) in [5, 5.41) is 0. The Kier molecular flexibility index (Phi) is 4.74. The van der Waals surface area contributed by atoms with Crippen LogP contribution in [0.1, 0.15) is 33.1 Å². The van der Waals surface area contributed by atoms with Gasteiger partial charge in [0.1, 0.15) is 0 Å². The standard InChI is InChI=1S/C11H24N2/c1-3-10(2)8-13-7-5-11(9-13)4-6-12/h10-11H,3-9,12H2,1-2H3. The van der Waals surface area contributed by atoms with E-state index in [1.165, 1.54) is 38.9 Å². The normalized spacial score (nSPS) is 26.5. The van der Waals surface area contributed by atoms with Crippen molar-refractivity contribution in [2.24, 2.45) is 17.6 Å². The average Bonchev–Trinajstić information content (AvgIpc) is 2.53. The molecular formula is C11H24N2. The maximum Gasteiger partial charge on any atom is 0.00107 e. The Hall–Kier alpha value is -0.0800. The number of nitrogens with two attached hydrogens (primary N) is 1. The molecule has 0 aromatic rings. The van der Waals surface area contributed by atoms with Gasteiger partial charge in [0.15, 0.2) is 0 Å². The van der Waals surface area contributed by atoms with Crippen LogP contribution in [0, 0.1) is 11.8 Å². The van der Waals surface area contributed by atoms with E-state index in [0.717, 1.165) is 18.4 Å². The predicted octanol–water partition coefficient (Wildman–Crippen LogP) is 1.70. The first-order chi connectivity index (χ1) is 6.26. The lowest BCUT2D eigenvalue weighted by Crippen LogP contribution is -2.26. The zero-order valence-electron chi connectivity index (χ0n) is 9.13. The van der Waals surface area contributed by atoms with Gasteiger partial charge in [0.25, 0.3) is 0 Å². The lowest BCUT2D eigenvalue weighted by molar-refractivity contribution is 0.273. The van der Waals surface area contributed by atoms with Crippen LogP contribution in [-0.4, -0.2) is 31.1 Å². The molecule has 78 valence electrons. The highest BCUT2D eigenvalue weighted by Crippen LogP contribution is 2.20. The Morgan fingerprint density at radius 1 is 1.54 bits per heavy atom. The summed E-state index contributed by atoms with van der Waals surface area (Å²) in [4.78, 5) is 2.61. The van der Waals surface area contributed by atoms with Gasteiger partial charge in [-0.25, -0.2) is 0 Å². The molecule has 0 aliphatic carbocycles. The van der Waals surface area contributed by atoms with Gasteiger partial charge in [-0.1, -0.05) is 20.3 Å². The third kappa shape index (κ3) is 3.65. The van der Waals surface area contributed by atoms with Crippen molar-refractivity contribution in [3.63, 3.8) is 0 Å². The van der Waals surface area contributed by atoms with E-state index in [1.54, 1.807) is 0 Å². The van der Waals surface area contributed by atoms with Crippen LogP contribution in [0.4, 0.5) is 0 Å². The molecule has 2 atom stereocenters. The molecule has 2 N–H and O–H groups in total. The summed E-state index contributed by atoms with van der Waals surface area (Å²) in [6.45, 7) is 9.37. The van der Waals surface area contributed by atoms with E-state index >= 15 is 0 Å². The first-order valence-corrected chi connectivity index (χ1v) is 5.68. The number of nitrogens with zero attached hydrogens (tertiary/aromatic N) is 1. The minimum Gasteiger partial charge on any atom is -0.330 e. The van der Waals surface area contributed by atoms with Crippen LogP contribution in [0.5, 0.6) is 0 Å². The second kappa shape index (κ2) is 5.61. The topological polar surface area (TPSA) is 29.3 Å². The van der Waals surface area contributed by atoms with Crippen molar-refractivity contribution in [2.45, 2.75) is 33.1 Å². The lowest BCUT2D eigenvalue weighted by Gasteiger charge is -2.19. The largest absolute Gasteiger partial charge is 0.330 e. The van der Waals surface area contributed by atoms with E-state index in [0.29, 0.717) is 0 Å². The number of hydrogen-bond acceptors (Lipinski definition) is 2. The second-order valence-electron chi connectivity index (χ2n) is 4.51. The van der Waals surface area contributed by atoms with Crippen molar-refractivity contribution in [3.05, 3.63) is 0 Å². The molecule has 13 heavy (non-hydrogen) atoms. The molecule has 2 nitrogen and oxygen atoms in total. The molecule has 1 rings (SSSR count). The van der Waals surface area contributed by atoms with E-state index < -0.39 is 0 Å². The molecule has 1 heterocycles. The summed E-state index contributed by atoms with van der Waals surface area (Å²) in [7, 11) is 0. The molecule has 1 aliphatic rings. The van der Waals surface area contributed by atoms with Crippen molar-refractivity contribution in [1.82, 2.24) is 4.90 Å². The lowest BCUT2D eigenvalue weighted by atomic mass is 10.1. The molecule has 0 bridgehead atoms. The Balaban J connectivity index is 2.17. The van der Waals surface area contributed by atoms with Gasteiger partial charge in [-0.2, -0.15) is 0 Å². The van der Waals surface area contributed by atoms with E-state index in [9.17, 15) is 0 Å². The number of likely N-dealkylation sites (tertiary alicyclic amines) is 1. The molecule has 0 spiro atoms. The molecule has 2 heteroatoms. The van der Waals surface area contributed by atoms with Crippen molar-refractivity contribution in [3.8, 4) is 0 Å². The maximum absolute atomic E-state index is 5.56. The first-order valence-electron chi connectivity index (χ1n) is 5.68. The van der Waals surface area contributed by atoms with Crippen LogP contribution in [0.25, 0.3) is 0 Å². The van der Waals surface area contributed by atoms with Crippen LogP contribution >= 0.6 is 0 Å². The van der Waals surface area contributed by atoms with Gasteiger partial charge in [-0.05, 0) is 37.8 Å². The van der Waals surface area contributed by atoms with E-state index in [4.69, 9.17) is 5.73 Å². The summed E-state index contributed by atoms with van der Waals surface area (Å²) in [5.74, 6) is 1.74. The Labute approximate surface area is 82.5 Å². The fourth-order valence-corrected chi connectivity index (χ4v) is 2.12. The van der Waals surface area contributed by atoms with E-state index in [-0.39, 0.29) is 0 Å². The fraction of sp³-hybridized carbons (Fsp3) is 1.00. The minimum atomic E-state index is 0.858. The molecule has 1 fully saturated rings. The zero-order chi connectivity index (χ0) is 9.68. The smallest absolute Gasteiger partial charge is 0.00107 e. The summed E-state index contributed by atoms with van der Waals surface area (Å²) in [5.41, 5.74) is 5.56. The van der Waals surface area contributed by atoms with Gasteiger partial charge in [-0.15, -0.1) is 0 Å². The molecule has 0 aromatic heterocycles. The van der Waals surface area contributed by atoms with Gasteiger partial charge in [0.2, 0.25) is 0 Å². The Morgan fingerprint density at radius 2 is 2.31 bits per heavy atom. The third-order valence-corrected chi connectivity index (χ3v) is 3.21. The second-order valence-corrected chi connectivity index (χ2v) is 4.51.